The summed E-state index contributed by atoms with van der Waals surface area (Å²) in [7, 11) is 0. The first-order chi connectivity index (χ1) is 8.71. The van der Waals surface area contributed by atoms with Crippen molar-refractivity contribution in [3.8, 4) is 0 Å². The van der Waals surface area contributed by atoms with E-state index in [2.05, 4.69) is 18.7 Å². The Morgan fingerprint density at radius 3 is 2.39 bits per heavy atom. The SMILES string of the molecule is CCN(CC)CC1CCN(C(=O)CCCN)CC1. The van der Waals surface area contributed by atoms with E-state index in [4.69, 9.17) is 5.73 Å². The molecule has 2 N–H and O–H groups in total. The molecule has 0 aromatic rings. The average Bonchev–Trinajstić information content (AvgIpc) is 2.42. The van der Waals surface area contributed by atoms with Crippen LogP contribution in [0.4, 0.5) is 0 Å². The highest BCUT2D eigenvalue weighted by atomic mass is 16.2. The first kappa shape index (κ1) is 15.4. The zero-order valence-electron chi connectivity index (χ0n) is 12.0. The summed E-state index contributed by atoms with van der Waals surface area (Å²) in [6.07, 6.45) is 3.76. The Balaban J connectivity index is 2.25. The third-order valence-electron chi connectivity index (χ3n) is 3.97. The minimum Gasteiger partial charge on any atom is -0.343 e. The maximum atomic E-state index is 11.9. The molecule has 0 unspecified atom stereocenters. The van der Waals surface area contributed by atoms with Gasteiger partial charge in [0.15, 0.2) is 0 Å². The second-order valence-corrected chi connectivity index (χ2v) is 5.20. The first-order valence-corrected chi connectivity index (χ1v) is 7.41. The Bertz CT molecular complexity index is 233. The standard InChI is InChI=1S/C14H29N3O/c1-3-16(4-2)12-13-7-10-17(11-8-13)14(18)6-5-9-15/h13H,3-12,15H2,1-2H3. The van der Waals surface area contributed by atoms with Crippen molar-refractivity contribution in [2.45, 2.75) is 39.5 Å². The van der Waals surface area contributed by atoms with Crippen molar-refractivity contribution in [3.63, 3.8) is 0 Å². The number of carbonyl (C=O) groups is 1. The molecule has 0 atom stereocenters. The van der Waals surface area contributed by atoms with Crippen LogP contribution in [0.25, 0.3) is 0 Å². The Hall–Kier alpha value is -0.610. The van der Waals surface area contributed by atoms with Gasteiger partial charge in [0, 0.05) is 26.1 Å². The summed E-state index contributed by atoms with van der Waals surface area (Å²) in [5.41, 5.74) is 5.44. The molecular formula is C14H29N3O. The average molecular weight is 255 g/mol. The largest absolute Gasteiger partial charge is 0.343 e. The summed E-state index contributed by atoms with van der Waals surface area (Å²) in [6, 6.07) is 0. The number of rotatable bonds is 7. The van der Waals surface area contributed by atoms with Crippen molar-refractivity contribution < 1.29 is 4.79 Å². The van der Waals surface area contributed by atoms with Crippen molar-refractivity contribution in [2.75, 3.05) is 39.3 Å². The molecule has 1 fully saturated rings. The molecule has 0 aromatic heterocycles. The van der Waals surface area contributed by atoms with Gasteiger partial charge < -0.3 is 15.5 Å². The molecule has 0 saturated carbocycles. The van der Waals surface area contributed by atoms with E-state index >= 15 is 0 Å². The number of likely N-dealkylation sites (tertiary alicyclic amines) is 1. The third kappa shape index (κ3) is 4.94. The van der Waals surface area contributed by atoms with Crippen molar-refractivity contribution in [3.05, 3.63) is 0 Å². The molecule has 1 heterocycles. The van der Waals surface area contributed by atoms with Crippen molar-refractivity contribution in [1.82, 2.24) is 9.80 Å². The lowest BCUT2D eigenvalue weighted by Gasteiger charge is -2.34. The van der Waals surface area contributed by atoms with Crippen LogP contribution in [0.5, 0.6) is 0 Å². The predicted octanol–water partition coefficient (Wildman–Crippen LogP) is 1.31. The van der Waals surface area contributed by atoms with Crippen LogP contribution >= 0.6 is 0 Å². The Kier molecular flexibility index (Phi) is 7.28. The zero-order valence-corrected chi connectivity index (χ0v) is 12.0. The maximum absolute atomic E-state index is 11.9. The van der Waals surface area contributed by atoms with Crippen LogP contribution < -0.4 is 5.73 Å². The van der Waals surface area contributed by atoms with Gasteiger partial charge in [-0.3, -0.25) is 4.79 Å². The van der Waals surface area contributed by atoms with Gasteiger partial charge in [0.2, 0.25) is 5.91 Å². The second kappa shape index (κ2) is 8.48. The highest BCUT2D eigenvalue weighted by Crippen LogP contribution is 2.19. The number of amides is 1. The molecule has 1 aliphatic rings. The highest BCUT2D eigenvalue weighted by Gasteiger charge is 2.23. The van der Waals surface area contributed by atoms with Gasteiger partial charge in [0.1, 0.15) is 0 Å². The lowest BCUT2D eigenvalue weighted by Crippen LogP contribution is -2.41. The Morgan fingerprint density at radius 2 is 1.89 bits per heavy atom. The third-order valence-corrected chi connectivity index (χ3v) is 3.97. The molecule has 4 nitrogen and oxygen atoms in total. The minimum atomic E-state index is 0.293. The summed E-state index contributed by atoms with van der Waals surface area (Å²) in [5.74, 6) is 1.06. The van der Waals surface area contributed by atoms with Crippen LogP contribution in [0.1, 0.15) is 39.5 Å². The second-order valence-electron chi connectivity index (χ2n) is 5.20. The topological polar surface area (TPSA) is 49.6 Å². The quantitative estimate of drug-likeness (QED) is 0.746. The minimum absolute atomic E-state index is 0.293. The van der Waals surface area contributed by atoms with E-state index in [-0.39, 0.29) is 0 Å². The summed E-state index contributed by atoms with van der Waals surface area (Å²) < 4.78 is 0. The number of carbonyl (C=O) groups excluding carboxylic acids is 1. The first-order valence-electron chi connectivity index (χ1n) is 7.41. The van der Waals surface area contributed by atoms with E-state index < -0.39 is 0 Å². The fraction of sp³-hybridized carbons (Fsp3) is 0.929. The van der Waals surface area contributed by atoms with Gasteiger partial charge in [-0.1, -0.05) is 13.8 Å². The molecule has 0 bridgehead atoms. The normalized spacial score (nSPS) is 17.4. The number of nitrogens with two attached hydrogens (primary N) is 1. The fourth-order valence-corrected chi connectivity index (χ4v) is 2.62. The van der Waals surface area contributed by atoms with Gasteiger partial charge in [0.25, 0.3) is 0 Å². The molecule has 106 valence electrons. The molecular weight excluding hydrogens is 226 g/mol. The van der Waals surface area contributed by atoms with Crippen LogP contribution in [0.2, 0.25) is 0 Å². The summed E-state index contributed by atoms with van der Waals surface area (Å²) in [6.45, 7) is 10.4. The number of hydrogen-bond acceptors (Lipinski definition) is 3. The van der Waals surface area contributed by atoms with Gasteiger partial charge in [-0.2, -0.15) is 0 Å². The van der Waals surface area contributed by atoms with Crippen LogP contribution in [0.3, 0.4) is 0 Å². The van der Waals surface area contributed by atoms with E-state index in [9.17, 15) is 4.79 Å². The van der Waals surface area contributed by atoms with Gasteiger partial charge >= 0.3 is 0 Å². The molecule has 0 aromatic carbocycles. The van der Waals surface area contributed by atoms with Crippen molar-refractivity contribution in [1.29, 1.82) is 0 Å². The summed E-state index contributed by atoms with van der Waals surface area (Å²) >= 11 is 0. The van der Waals surface area contributed by atoms with Crippen LogP contribution in [-0.2, 0) is 4.79 Å². The summed E-state index contributed by atoms with van der Waals surface area (Å²) in [5, 5.41) is 0. The molecule has 4 heteroatoms. The Labute approximate surface area is 111 Å². The predicted molar refractivity (Wildman–Crippen MR) is 75.4 cm³/mol. The van der Waals surface area contributed by atoms with Crippen LogP contribution in [-0.4, -0.2) is 55.0 Å². The summed E-state index contributed by atoms with van der Waals surface area (Å²) in [4.78, 5) is 16.4. The van der Waals surface area contributed by atoms with E-state index in [0.29, 0.717) is 18.9 Å². The van der Waals surface area contributed by atoms with E-state index in [1.165, 1.54) is 6.54 Å². The maximum Gasteiger partial charge on any atom is 0.222 e. The lowest BCUT2D eigenvalue weighted by atomic mass is 9.96. The molecule has 1 amide bonds. The smallest absolute Gasteiger partial charge is 0.222 e. The number of hydrogen-bond donors (Lipinski definition) is 1. The molecule has 1 aliphatic heterocycles. The molecule has 18 heavy (non-hydrogen) atoms. The molecule has 0 aliphatic carbocycles. The van der Waals surface area contributed by atoms with Gasteiger partial charge in [0.05, 0.1) is 0 Å². The molecule has 0 spiro atoms. The van der Waals surface area contributed by atoms with Crippen molar-refractivity contribution in [2.24, 2.45) is 11.7 Å². The highest BCUT2D eigenvalue weighted by molar-refractivity contribution is 5.76. The number of nitrogens with zero attached hydrogens (tertiary/aromatic N) is 2. The Morgan fingerprint density at radius 1 is 1.28 bits per heavy atom. The monoisotopic (exact) mass is 255 g/mol. The van der Waals surface area contributed by atoms with E-state index in [1.807, 2.05) is 4.90 Å². The van der Waals surface area contributed by atoms with Crippen molar-refractivity contribution >= 4 is 5.91 Å². The zero-order chi connectivity index (χ0) is 13.4. The number of piperidine rings is 1. The van der Waals surface area contributed by atoms with Gasteiger partial charge in [-0.25, -0.2) is 0 Å². The molecule has 0 radical (unpaired) electrons. The van der Waals surface area contributed by atoms with E-state index in [1.54, 1.807) is 0 Å². The van der Waals surface area contributed by atoms with Crippen LogP contribution in [0, 0.1) is 5.92 Å². The lowest BCUT2D eigenvalue weighted by molar-refractivity contribution is -0.132. The molecule has 1 saturated heterocycles. The van der Waals surface area contributed by atoms with Gasteiger partial charge in [-0.15, -0.1) is 0 Å². The van der Waals surface area contributed by atoms with E-state index in [0.717, 1.165) is 51.4 Å². The van der Waals surface area contributed by atoms with Crippen LogP contribution in [0.15, 0.2) is 0 Å². The molecule has 1 rings (SSSR count). The van der Waals surface area contributed by atoms with Gasteiger partial charge in [-0.05, 0) is 44.8 Å². The fourth-order valence-electron chi connectivity index (χ4n) is 2.62.